The Morgan fingerprint density at radius 2 is 1.45 bits per heavy atom. The highest BCUT2D eigenvalue weighted by Crippen LogP contribution is 2.43. The molecule has 152 valence electrons. The van der Waals surface area contributed by atoms with Gasteiger partial charge in [-0.2, -0.15) is 0 Å². The van der Waals surface area contributed by atoms with Gasteiger partial charge in [0.25, 0.3) is 5.69 Å². The maximum absolute atomic E-state index is 11.1. The van der Waals surface area contributed by atoms with E-state index in [0.717, 1.165) is 28.1 Å². The fourth-order valence-electron chi connectivity index (χ4n) is 3.40. The topological polar surface area (TPSA) is 60.1 Å². The number of hydrogen-bond acceptors (Lipinski definition) is 3. The van der Waals surface area contributed by atoms with Crippen LogP contribution < -0.4 is 5.32 Å². The maximum atomic E-state index is 11.1. The van der Waals surface area contributed by atoms with Crippen LogP contribution in [0.3, 0.4) is 0 Å². The lowest BCUT2D eigenvalue weighted by atomic mass is 10.0. The molecule has 0 unspecified atom stereocenters. The first kappa shape index (κ1) is 20.6. The highest BCUT2D eigenvalue weighted by Gasteiger charge is 2.27. The van der Waals surface area contributed by atoms with Crippen LogP contribution in [0.1, 0.15) is 41.5 Å². The van der Waals surface area contributed by atoms with Gasteiger partial charge in [-0.15, -0.1) is 0 Å². The number of nitro groups is 1. The molecule has 0 aliphatic carbocycles. The number of rotatable bonds is 4. The lowest BCUT2D eigenvalue weighted by molar-refractivity contribution is -0.384. The molecule has 1 N–H and O–H groups in total. The van der Waals surface area contributed by atoms with E-state index in [-0.39, 0.29) is 21.7 Å². The Labute approximate surface area is 172 Å². The second kappa shape index (κ2) is 7.39. The van der Waals surface area contributed by atoms with Crippen LogP contribution in [-0.4, -0.2) is 15.0 Å². The van der Waals surface area contributed by atoms with Gasteiger partial charge in [-0.1, -0.05) is 30.3 Å². The van der Waals surface area contributed by atoms with Gasteiger partial charge in [-0.25, -0.2) is 0 Å². The van der Waals surface area contributed by atoms with E-state index in [1.54, 1.807) is 12.1 Å². The van der Waals surface area contributed by atoms with Crippen LogP contribution in [0.2, 0.25) is 0 Å². The molecule has 29 heavy (non-hydrogen) atoms. The van der Waals surface area contributed by atoms with Gasteiger partial charge in [0.1, 0.15) is 0 Å². The fraction of sp³-hybridized carbons (Fsp3) is 0.333. The van der Waals surface area contributed by atoms with E-state index in [1.165, 1.54) is 0 Å². The number of nitrogens with zero attached hydrogens (tertiary/aromatic N) is 2. The zero-order valence-electron chi connectivity index (χ0n) is 18.0. The summed E-state index contributed by atoms with van der Waals surface area (Å²) in [5, 5.41) is 14.8. The van der Waals surface area contributed by atoms with Gasteiger partial charge in [0.15, 0.2) is 0 Å². The molecule has 0 fully saturated rings. The van der Waals surface area contributed by atoms with Crippen molar-refractivity contribution >= 4 is 11.4 Å². The Hall–Kier alpha value is -3.08. The minimum absolute atomic E-state index is 0.0937. The molecule has 0 atom stereocenters. The fourth-order valence-corrected chi connectivity index (χ4v) is 3.40. The number of non-ortho nitro benzene ring substituents is 1. The van der Waals surface area contributed by atoms with E-state index in [2.05, 4.69) is 69.8 Å². The highest BCUT2D eigenvalue weighted by atomic mass is 16.6. The van der Waals surface area contributed by atoms with Gasteiger partial charge in [0, 0.05) is 40.5 Å². The zero-order valence-corrected chi connectivity index (χ0v) is 18.0. The molecule has 1 heterocycles. The summed E-state index contributed by atoms with van der Waals surface area (Å²) in [6.07, 6.45) is 2.18. The second-order valence-corrected chi connectivity index (χ2v) is 9.35. The summed E-state index contributed by atoms with van der Waals surface area (Å²) in [6, 6.07) is 17.1. The molecule has 0 saturated carbocycles. The lowest BCUT2D eigenvalue weighted by Gasteiger charge is -2.27. The second-order valence-electron chi connectivity index (χ2n) is 9.35. The van der Waals surface area contributed by atoms with Crippen molar-refractivity contribution in [2.45, 2.75) is 52.6 Å². The van der Waals surface area contributed by atoms with Gasteiger partial charge in [-0.3, -0.25) is 10.1 Å². The van der Waals surface area contributed by atoms with Crippen LogP contribution in [0.4, 0.5) is 11.4 Å². The first-order valence-electron chi connectivity index (χ1n) is 9.81. The van der Waals surface area contributed by atoms with Crippen LogP contribution >= 0.6 is 0 Å². The van der Waals surface area contributed by atoms with Gasteiger partial charge in [0.2, 0.25) is 0 Å². The normalized spacial score (nSPS) is 12.1. The summed E-state index contributed by atoms with van der Waals surface area (Å²) in [6.45, 7) is 12.9. The number of aromatic nitrogens is 1. The third-order valence-corrected chi connectivity index (χ3v) is 4.66. The monoisotopic (exact) mass is 391 g/mol. The Balaban J connectivity index is 2.31. The molecule has 1 aromatic heterocycles. The molecular formula is C24H29N3O2. The molecule has 5 nitrogen and oxygen atoms in total. The van der Waals surface area contributed by atoms with Gasteiger partial charge >= 0.3 is 0 Å². The van der Waals surface area contributed by atoms with Crippen molar-refractivity contribution < 1.29 is 4.92 Å². The number of nitrogens with one attached hydrogen (secondary N) is 1. The smallest absolute Gasteiger partial charge is 0.269 e. The summed E-state index contributed by atoms with van der Waals surface area (Å²) >= 11 is 0. The Morgan fingerprint density at radius 1 is 0.862 bits per heavy atom. The van der Waals surface area contributed by atoms with Crippen molar-refractivity contribution in [3.8, 4) is 22.4 Å². The highest BCUT2D eigenvalue weighted by molar-refractivity contribution is 5.90. The number of benzene rings is 2. The standard InChI is InChI=1S/C24H29N3O2/c1-23(2,3)25-21-20(17-10-8-7-9-11-17)16-26(24(4,5)6)22(21)18-12-14-19(15-13-18)27(28)29/h7-16,25H,1-6H3. The third-order valence-electron chi connectivity index (χ3n) is 4.66. The van der Waals surface area contributed by atoms with Gasteiger partial charge < -0.3 is 9.88 Å². The first-order chi connectivity index (χ1) is 13.5. The average Bonchev–Trinajstić information content (AvgIpc) is 3.00. The first-order valence-corrected chi connectivity index (χ1v) is 9.81. The van der Waals surface area contributed by atoms with Crippen molar-refractivity contribution in [3.63, 3.8) is 0 Å². The van der Waals surface area contributed by atoms with Crippen LogP contribution in [0.5, 0.6) is 0 Å². The van der Waals surface area contributed by atoms with Crippen molar-refractivity contribution in [2.75, 3.05) is 5.32 Å². The summed E-state index contributed by atoms with van der Waals surface area (Å²) < 4.78 is 2.25. The maximum Gasteiger partial charge on any atom is 0.269 e. The van der Waals surface area contributed by atoms with Crippen molar-refractivity contribution in [1.29, 1.82) is 0 Å². The predicted octanol–water partition coefficient (Wildman–Crippen LogP) is 6.70. The Morgan fingerprint density at radius 3 is 1.93 bits per heavy atom. The molecule has 0 spiro atoms. The molecule has 2 aromatic carbocycles. The van der Waals surface area contributed by atoms with E-state index in [9.17, 15) is 10.1 Å². The van der Waals surface area contributed by atoms with E-state index >= 15 is 0 Å². The molecular weight excluding hydrogens is 362 g/mol. The SMILES string of the molecule is CC(C)(C)Nc1c(-c2ccccc2)cn(C(C)(C)C)c1-c1ccc([N+](=O)[O-])cc1. The summed E-state index contributed by atoms with van der Waals surface area (Å²) in [5.74, 6) is 0. The van der Waals surface area contributed by atoms with Gasteiger partial charge in [0.05, 0.1) is 16.3 Å². The molecule has 3 rings (SSSR count). The third kappa shape index (κ3) is 4.50. The van der Waals surface area contributed by atoms with Crippen LogP contribution in [0.15, 0.2) is 60.8 Å². The predicted molar refractivity (Wildman–Crippen MR) is 120 cm³/mol. The number of anilines is 1. The quantitative estimate of drug-likeness (QED) is 0.398. The van der Waals surface area contributed by atoms with Crippen LogP contribution in [0.25, 0.3) is 22.4 Å². The molecule has 0 radical (unpaired) electrons. The summed E-state index contributed by atoms with van der Waals surface area (Å²) in [4.78, 5) is 10.7. The molecule has 0 aliphatic rings. The Kier molecular flexibility index (Phi) is 5.26. The number of nitro benzene ring substituents is 1. The van der Waals surface area contributed by atoms with E-state index in [1.807, 2.05) is 30.3 Å². The minimum atomic E-state index is -0.365. The molecule has 3 aromatic rings. The molecule has 5 heteroatoms. The summed E-state index contributed by atoms with van der Waals surface area (Å²) in [7, 11) is 0. The van der Waals surface area contributed by atoms with E-state index in [0.29, 0.717) is 0 Å². The van der Waals surface area contributed by atoms with Crippen molar-refractivity contribution in [2.24, 2.45) is 0 Å². The lowest BCUT2D eigenvalue weighted by Crippen LogP contribution is -2.27. The average molecular weight is 392 g/mol. The van der Waals surface area contributed by atoms with Crippen molar-refractivity contribution in [1.82, 2.24) is 4.57 Å². The minimum Gasteiger partial charge on any atom is -0.378 e. The van der Waals surface area contributed by atoms with Gasteiger partial charge in [-0.05, 0) is 59.2 Å². The largest absolute Gasteiger partial charge is 0.378 e. The molecule has 0 saturated heterocycles. The Bertz CT molecular complexity index is 1010. The van der Waals surface area contributed by atoms with Crippen molar-refractivity contribution in [3.05, 3.63) is 70.9 Å². The molecule has 0 amide bonds. The van der Waals surface area contributed by atoms with Crippen LogP contribution in [0, 0.1) is 10.1 Å². The van der Waals surface area contributed by atoms with E-state index in [4.69, 9.17) is 0 Å². The van der Waals surface area contributed by atoms with E-state index < -0.39 is 0 Å². The number of hydrogen-bond donors (Lipinski definition) is 1. The molecule has 0 aliphatic heterocycles. The summed E-state index contributed by atoms with van der Waals surface area (Å²) in [5.41, 5.74) is 5.03. The molecule has 0 bridgehead atoms. The van der Waals surface area contributed by atoms with Crippen LogP contribution in [-0.2, 0) is 5.54 Å². The zero-order chi connectivity index (χ0) is 21.4.